The first kappa shape index (κ1) is 30.5. The van der Waals surface area contributed by atoms with Crippen LogP contribution in [0.15, 0.2) is 78.9 Å². The average Bonchev–Trinajstić information content (AvgIpc) is 2.96. The van der Waals surface area contributed by atoms with Gasteiger partial charge >= 0.3 is 0 Å². The molecule has 4 aromatic carbocycles. The molecule has 0 radical (unpaired) electrons. The number of nitrogens with one attached hydrogen (secondary N) is 2. The molecule has 0 aliphatic rings. The lowest BCUT2D eigenvalue weighted by molar-refractivity contribution is -0.116. The highest BCUT2D eigenvalue weighted by Gasteiger charge is 2.14. The van der Waals surface area contributed by atoms with Crippen molar-refractivity contribution in [3.05, 3.63) is 127 Å². The van der Waals surface area contributed by atoms with E-state index in [1.807, 2.05) is 54.6 Å². The number of hydrogen-bond acceptors (Lipinski definition) is 2. The average molecular weight is 659 g/mol. The van der Waals surface area contributed by atoms with Crippen molar-refractivity contribution in [3.63, 3.8) is 0 Å². The van der Waals surface area contributed by atoms with E-state index >= 15 is 0 Å². The van der Waals surface area contributed by atoms with Crippen molar-refractivity contribution in [2.45, 2.75) is 66.2 Å². The van der Waals surface area contributed by atoms with Crippen molar-refractivity contribution < 1.29 is 9.59 Å². The number of aryl methyl sites for hydroxylation is 4. The van der Waals surface area contributed by atoms with Crippen molar-refractivity contribution in [2.75, 3.05) is 10.6 Å². The van der Waals surface area contributed by atoms with Crippen molar-refractivity contribution >= 4 is 45.8 Å². The van der Waals surface area contributed by atoms with Gasteiger partial charge in [-0.05, 0) is 112 Å². The van der Waals surface area contributed by atoms with Crippen molar-refractivity contribution in [1.29, 1.82) is 0 Å². The van der Waals surface area contributed by atoms with E-state index in [1.54, 1.807) is 0 Å². The first-order valence-corrected chi connectivity index (χ1v) is 15.5. The Morgan fingerprint density at radius 1 is 0.610 bits per heavy atom. The third-order valence-electron chi connectivity index (χ3n) is 7.38. The molecule has 0 bridgehead atoms. The van der Waals surface area contributed by atoms with Crippen LogP contribution in [0.4, 0.5) is 11.4 Å². The molecule has 0 saturated carbocycles. The van der Waals surface area contributed by atoms with Gasteiger partial charge in [-0.15, -0.1) is 0 Å². The van der Waals surface area contributed by atoms with E-state index in [0.29, 0.717) is 12.8 Å². The third-order valence-corrected chi connectivity index (χ3v) is 8.10. The Bertz CT molecular complexity index is 1480. The maximum atomic E-state index is 12.9. The Morgan fingerprint density at radius 3 is 1.66 bits per heavy atom. The van der Waals surface area contributed by atoms with E-state index in [0.717, 1.165) is 68.4 Å². The van der Waals surface area contributed by atoms with E-state index in [1.165, 1.54) is 16.7 Å². The molecule has 2 N–H and O–H groups in total. The fraction of sp³-hybridized carbons (Fsp3) is 0.278. The van der Waals surface area contributed by atoms with Crippen molar-refractivity contribution in [2.24, 2.45) is 0 Å². The summed E-state index contributed by atoms with van der Waals surface area (Å²) in [5.74, 6) is 0.00657. The lowest BCUT2D eigenvalue weighted by Gasteiger charge is -2.18. The quantitative estimate of drug-likeness (QED) is 0.160. The van der Waals surface area contributed by atoms with Gasteiger partial charge in [-0.3, -0.25) is 9.59 Å². The molecular formula is C36H39IN2O2. The normalized spacial score (nSPS) is 10.9. The molecule has 0 aliphatic heterocycles. The molecule has 5 heteroatoms. The van der Waals surface area contributed by atoms with Crippen LogP contribution in [0.1, 0.15) is 65.3 Å². The summed E-state index contributed by atoms with van der Waals surface area (Å²) < 4.78 is 1.16. The minimum atomic E-state index is -0.00570. The van der Waals surface area contributed by atoms with Gasteiger partial charge in [0.1, 0.15) is 0 Å². The van der Waals surface area contributed by atoms with Crippen LogP contribution in [0.3, 0.4) is 0 Å². The molecule has 0 heterocycles. The number of halogens is 1. The molecule has 4 rings (SSSR count). The lowest BCUT2D eigenvalue weighted by atomic mass is 9.94. The highest BCUT2D eigenvalue weighted by Crippen LogP contribution is 2.28. The molecule has 0 spiro atoms. The molecule has 0 saturated heterocycles. The van der Waals surface area contributed by atoms with Gasteiger partial charge in [0, 0.05) is 14.9 Å². The summed E-state index contributed by atoms with van der Waals surface area (Å²) >= 11 is 2.27. The molecule has 4 aromatic rings. The monoisotopic (exact) mass is 658 g/mol. The van der Waals surface area contributed by atoms with Gasteiger partial charge in [-0.1, -0.05) is 87.0 Å². The topological polar surface area (TPSA) is 58.2 Å². The van der Waals surface area contributed by atoms with Crippen LogP contribution in [0.2, 0.25) is 0 Å². The maximum absolute atomic E-state index is 12.9. The van der Waals surface area contributed by atoms with Crippen molar-refractivity contribution in [1.82, 2.24) is 0 Å². The number of amides is 2. The molecule has 0 unspecified atom stereocenters. The Labute approximate surface area is 258 Å². The van der Waals surface area contributed by atoms with Gasteiger partial charge in [0.2, 0.25) is 11.8 Å². The minimum Gasteiger partial charge on any atom is -0.326 e. The predicted molar refractivity (Wildman–Crippen MR) is 179 cm³/mol. The minimum absolute atomic E-state index is 0.00570. The van der Waals surface area contributed by atoms with Gasteiger partial charge in [-0.2, -0.15) is 0 Å². The first-order valence-electron chi connectivity index (χ1n) is 14.4. The molecule has 4 nitrogen and oxygen atoms in total. The zero-order valence-corrected chi connectivity index (χ0v) is 26.6. The molecule has 2 amide bonds. The van der Waals surface area contributed by atoms with Crippen LogP contribution in [0.25, 0.3) is 0 Å². The summed E-state index contributed by atoms with van der Waals surface area (Å²) in [6.07, 6.45) is 4.03. The summed E-state index contributed by atoms with van der Waals surface area (Å²) in [6.45, 7) is 8.44. The van der Waals surface area contributed by atoms with Crippen LogP contribution in [0.5, 0.6) is 0 Å². The van der Waals surface area contributed by atoms with Crippen LogP contribution in [0, 0.1) is 10.5 Å². The Hall–Kier alpha value is -3.45. The highest BCUT2D eigenvalue weighted by molar-refractivity contribution is 14.1. The number of carbonyl (C=O) groups excluding carboxylic acids is 2. The fourth-order valence-electron chi connectivity index (χ4n) is 5.12. The van der Waals surface area contributed by atoms with Crippen LogP contribution in [-0.4, -0.2) is 11.8 Å². The van der Waals surface area contributed by atoms with Crippen LogP contribution in [-0.2, 0) is 48.1 Å². The van der Waals surface area contributed by atoms with E-state index in [4.69, 9.17) is 0 Å². The number of carbonyl (C=O) groups is 2. The van der Waals surface area contributed by atoms with E-state index < -0.39 is 0 Å². The lowest BCUT2D eigenvalue weighted by Crippen LogP contribution is -2.17. The summed E-state index contributed by atoms with van der Waals surface area (Å²) in [4.78, 5) is 25.7. The zero-order chi connectivity index (χ0) is 29.4. The molecule has 0 fully saturated rings. The number of rotatable bonds is 11. The second-order valence-electron chi connectivity index (χ2n) is 10.6. The Morgan fingerprint density at radius 2 is 1.10 bits per heavy atom. The van der Waals surface area contributed by atoms with Crippen LogP contribution >= 0.6 is 22.6 Å². The first-order chi connectivity index (χ1) is 19.8. The molecule has 0 aliphatic carbocycles. The Kier molecular flexibility index (Phi) is 10.7. The summed E-state index contributed by atoms with van der Waals surface area (Å²) in [5.41, 5.74) is 10.9. The van der Waals surface area contributed by atoms with Gasteiger partial charge in [0.25, 0.3) is 0 Å². The summed E-state index contributed by atoms with van der Waals surface area (Å²) in [5, 5.41) is 6.34. The highest BCUT2D eigenvalue weighted by atomic mass is 127. The largest absolute Gasteiger partial charge is 0.326 e. The SMILES string of the molecule is CCc1cc(Cc2cc(CC)c(NC(=O)Cc3ccc(C)cc3)c(CC)c2)ccc1NC(=O)Cc1ccc(I)cc1. The fourth-order valence-corrected chi connectivity index (χ4v) is 5.48. The number of hydrogen-bond donors (Lipinski definition) is 2. The summed E-state index contributed by atoms with van der Waals surface area (Å²) in [6, 6.07) is 27.0. The van der Waals surface area contributed by atoms with Gasteiger partial charge in [0.05, 0.1) is 12.8 Å². The third kappa shape index (κ3) is 8.52. The second kappa shape index (κ2) is 14.4. The maximum Gasteiger partial charge on any atom is 0.228 e. The summed E-state index contributed by atoms with van der Waals surface area (Å²) in [7, 11) is 0. The van der Waals surface area contributed by atoms with Gasteiger partial charge in [-0.25, -0.2) is 0 Å². The second-order valence-corrected chi connectivity index (χ2v) is 11.8. The zero-order valence-electron chi connectivity index (χ0n) is 24.4. The number of anilines is 2. The molecule has 41 heavy (non-hydrogen) atoms. The van der Waals surface area contributed by atoms with Gasteiger partial charge < -0.3 is 10.6 Å². The van der Waals surface area contributed by atoms with Crippen molar-refractivity contribution in [3.8, 4) is 0 Å². The van der Waals surface area contributed by atoms with Gasteiger partial charge in [0.15, 0.2) is 0 Å². The molecule has 0 aromatic heterocycles. The standard InChI is InChI=1S/C36H39IN2O2/c1-5-29-19-27(14-17-33(29)38-34(40)22-26-12-15-32(37)16-13-26)18-28-20-30(6-2)36(31(7-3)21-28)39-35(41)23-25-10-8-24(4)9-11-25/h8-17,19-21H,5-7,18,22-23H2,1-4H3,(H,38,40)(H,39,41). The molecule has 212 valence electrons. The van der Waals surface area contributed by atoms with Crippen LogP contribution < -0.4 is 10.6 Å². The van der Waals surface area contributed by atoms with E-state index in [-0.39, 0.29) is 11.8 Å². The predicted octanol–water partition coefficient (Wildman–Crippen LogP) is 8.24. The Balaban J connectivity index is 1.47. The molecule has 0 atom stereocenters. The number of benzene rings is 4. The van der Waals surface area contributed by atoms with E-state index in [9.17, 15) is 9.59 Å². The molecular weight excluding hydrogens is 619 g/mol. The smallest absolute Gasteiger partial charge is 0.228 e. The van der Waals surface area contributed by atoms with E-state index in [2.05, 4.69) is 85.2 Å².